The fraction of sp³-hybridized carbons (Fsp3) is 0.250. The van der Waals surface area contributed by atoms with Crippen molar-refractivity contribution in [2.75, 3.05) is 24.3 Å². The minimum atomic E-state index is -0.532. The van der Waals surface area contributed by atoms with Gasteiger partial charge in [-0.1, -0.05) is 84.6 Å². The van der Waals surface area contributed by atoms with Crippen molar-refractivity contribution in [2.45, 2.75) is 33.0 Å². The second-order valence-electron chi connectivity index (χ2n) is 10.2. The summed E-state index contributed by atoms with van der Waals surface area (Å²) in [5.74, 6) is 0.497. The van der Waals surface area contributed by atoms with Gasteiger partial charge in [-0.3, -0.25) is 14.4 Å². The maximum atomic E-state index is 13.8. The molecule has 1 atom stereocenters. The molecule has 0 heterocycles. The van der Waals surface area contributed by atoms with Gasteiger partial charge in [0, 0.05) is 24.3 Å². The van der Waals surface area contributed by atoms with E-state index in [-0.39, 0.29) is 17.6 Å². The molecule has 4 aromatic rings. The SMILES string of the molecule is COC(=O)CN(C(=O)[C@@H](CCc1ccccc1)CSC(C)=O)c1ccc(OCc2ccc(OCc3ccccc3)cc2)cc1. The van der Waals surface area contributed by atoms with Gasteiger partial charge in [0.1, 0.15) is 31.3 Å². The third-order valence-corrected chi connectivity index (χ3v) is 7.94. The number of ether oxygens (including phenoxy) is 3. The number of amides is 1. The van der Waals surface area contributed by atoms with Crippen LogP contribution in [0, 0.1) is 5.92 Å². The third kappa shape index (κ3) is 10.3. The molecule has 7 nitrogen and oxygen atoms in total. The minimum absolute atomic E-state index is 0.0575. The molecule has 0 saturated heterocycles. The highest BCUT2D eigenvalue weighted by Gasteiger charge is 2.28. The molecule has 0 aliphatic carbocycles. The molecule has 8 heteroatoms. The molecule has 0 spiro atoms. The van der Waals surface area contributed by atoms with E-state index in [1.165, 1.54) is 18.9 Å². The van der Waals surface area contributed by atoms with E-state index >= 15 is 0 Å². The number of aryl methyl sites for hydroxylation is 1. The second kappa shape index (κ2) is 16.9. The number of nitrogens with zero attached hydrogens (tertiary/aromatic N) is 1. The van der Waals surface area contributed by atoms with E-state index in [0.29, 0.717) is 43.2 Å². The van der Waals surface area contributed by atoms with Crippen LogP contribution < -0.4 is 14.4 Å². The summed E-state index contributed by atoms with van der Waals surface area (Å²) in [6.45, 7) is 2.11. The number of methoxy groups -OCH3 is 1. The maximum Gasteiger partial charge on any atom is 0.325 e. The van der Waals surface area contributed by atoms with Gasteiger partial charge in [-0.25, -0.2) is 0 Å². The Morgan fingerprint density at radius 1 is 0.705 bits per heavy atom. The van der Waals surface area contributed by atoms with E-state index in [0.717, 1.165) is 34.2 Å². The number of hydrogen-bond acceptors (Lipinski definition) is 7. The predicted octanol–water partition coefficient (Wildman–Crippen LogP) is 6.88. The first kappa shape index (κ1) is 32.4. The Balaban J connectivity index is 1.39. The normalized spacial score (nSPS) is 11.3. The Morgan fingerprint density at radius 3 is 1.77 bits per heavy atom. The molecule has 0 unspecified atom stereocenters. The molecule has 0 N–H and O–H groups in total. The first-order chi connectivity index (χ1) is 21.4. The minimum Gasteiger partial charge on any atom is -0.489 e. The van der Waals surface area contributed by atoms with Crippen molar-refractivity contribution >= 4 is 34.4 Å². The number of anilines is 1. The Morgan fingerprint density at radius 2 is 1.23 bits per heavy atom. The van der Waals surface area contributed by atoms with E-state index in [4.69, 9.17) is 14.2 Å². The quantitative estimate of drug-likeness (QED) is 0.136. The molecule has 1 amide bonds. The van der Waals surface area contributed by atoms with Crippen molar-refractivity contribution in [3.05, 3.63) is 126 Å². The fourth-order valence-electron chi connectivity index (χ4n) is 4.50. The molecular weight excluding hydrogens is 574 g/mol. The van der Waals surface area contributed by atoms with Crippen molar-refractivity contribution in [2.24, 2.45) is 5.92 Å². The van der Waals surface area contributed by atoms with Gasteiger partial charge in [0.05, 0.1) is 7.11 Å². The Labute approximate surface area is 263 Å². The van der Waals surface area contributed by atoms with Crippen molar-refractivity contribution in [1.29, 1.82) is 0 Å². The van der Waals surface area contributed by atoms with E-state index < -0.39 is 11.9 Å². The summed E-state index contributed by atoms with van der Waals surface area (Å²) in [6.07, 6.45) is 1.22. The molecule has 0 bridgehead atoms. The van der Waals surface area contributed by atoms with Gasteiger partial charge < -0.3 is 19.1 Å². The average Bonchev–Trinajstić information content (AvgIpc) is 3.06. The molecule has 0 aliphatic rings. The third-order valence-electron chi connectivity index (χ3n) is 6.97. The number of hydrogen-bond donors (Lipinski definition) is 0. The predicted molar refractivity (Wildman–Crippen MR) is 174 cm³/mol. The number of esters is 1. The van der Waals surface area contributed by atoms with Gasteiger partial charge in [-0.05, 0) is 65.9 Å². The molecule has 228 valence electrons. The maximum absolute atomic E-state index is 13.8. The molecule has 0 fully saturated rings. The molecule has 0 saturated carbocycles. The molecule has 44 heavy (non-hydrogen) atoms. The highest BCUT2D eigenvalue weighted by Crippen LogP contribution is 2.26. The van der Waals surface area contributed by atoms with Gasteiger partial charge in [0.2, 0.25) is 5.91 Å². The van der Waals surface area contributed by atoms with Crippen LogP contribution in [0.2, 0.25) is 0 Å². The average molecular weight is 612 g/mol. The smallest absolute Gasteiger partial charge is 0.325 e. The summed E-state index contributed by atoms with van der Waals surface area (Å²) < 4.78 is 16.7. The van der Waals surface area contributed by atoms with E-state index in [1.54, 1.807) is 24.3 Å². The van der Waals surface area contributed by atoms with Crippen molar-refractivity contribution in [1.82, 2.24) is 0 Å². The van der Waals surface area contributed by atoms with Crippen LogP contribution in [0.3, 0.4) is 0 Å². The highest BCUT2D eigenvalue weighted by atomic mass is 32.2. The Bertz CT molecular complexity index is 1480. The van der Waals surface area contributed by atoms with Crippen LogP contribution in [0.25, 0.3) is 0 Å². The Kier molecular flexibility index (Phi) is 12.4. The van der Waals surface area contributed by atoms with Crippen LogP contribution in [0.4, 0.5) is 5.69 Å². The lowest BCUT2D eigenvalue weighted by Gasteiger charge is -2.27. The number of rotatable bonds is 15. The number of carbonyl (C=O) groups is 3. The highest BCUT2D eigenvalue weighted by molar-refractivity contribution is 8.13. The number of benzene rings is 4. The summed E-state index contributed by atoms with van der Waals surface area (Å²) in [7, 11) is 1.29. The zero-order valence-electron chi connectivity index (χ0n) is 25.0. The number of carbonyl (C=O) groups excluding carboxylic acids is 3. The fourth-order valence-corrected chi connectivity index (χ4v) is 5.25. The summed E-state index contributed by atoms with van der Waals surface area (Å²) in [5, 5.41) is -0.0575. The molecule has 4 aromatic carbocycles. The van der Waals surface area contributed by atoms with Crippen molar-refractivity contribution in [3.63, 3.8) is 0 Å². The largest absolute Gasteiger partial charge is 0.489 e. The first-order valence-corrected chi connectivity index (χ1v) is 15.4. The van der Waals surface area contributed by atoms with E-state index in [2.05, 4.69) is 0 Å². The summed E-state index contributed by atoms with van der Waals surface area (Å²) in [6, 6.07) is 34.7. The van der Waals surface area contributed by atoms with Crippen molar-refractivity contribution in [3.8, 4) is 11.5 Å². The monoisotopic (exact) mass is 611 g/mol. The summed E-state index contributed by atoms with van der Waals surface area (Å²) in [5.41, 5.74) is 3.74. The molecule has 0 aromatic heterocycles. The lowest BCUT2D eigenvalue weighted by Crippen LogP contribution is -2.41. The van der Waals surface area contributed by atoms with Crippen LogP contribution in [0.1, 0.15) is 30.0 Å². The molecular formula is C36H37NO6S. The first-order valence-electron chi connectivity index (χ1n) is 14.5. The lowest BCUT2D eigenvalue weighted by molar-refractivity contribution is -0.140. The zero-order chi connectivity index (χ0) is 31.1. The van der Waals surface area contributed by atoms with Gasteiger partial charge in [0.15, 0.2) is 5.12 Å². The van der Waals surface area contributed by atoms with Crippen LogP contribution in [-0.4, -0.2) is 36.4 Å². The molecule has 0 radical (unpaired) electrons. The van der Waals surface area contributed by atoms with Crippen LogP contribution >= 0.6 is 11.8 Å². The van der Waals surface area contributed by atoms with Gasteiger partial charge in [0.25, 0.3) is 0 Å². The zero-order valence-corrected chi connectivity index (χ0v) is 25.8. The van der Waals surface area contributed by atoms with Crippen LogP contribution in [-0.2, 0) is 38.8 Å². The van der Waals surface area contributed by atoms with E-state index in [9.17, 15) is 14.4 Å². The van der Waals surface area contributed by atoms with Gasteiger partial charge in [-0.2, -0.15) is 0 Å². The summed E-state index contributed by atoms with van der Waals surface area (Å²) in [4.78, 5) is 39.3. The van der Waals surface area contributed by atoms with Gasteiger partial charge >= 0.3 is 5.97 Å². The molecule has 4 rings (SSSR count). The topological polar surface area (TPSA) is 82.1 Å². The molecule has 0 aliphatic heterocycles. The summed E-state index contributed by atoms with van der Waals surface area (Å²) >= 11 is 1.12. The second-order valence-corrected chi connectivity index (χ2v) is 11.4. The van der Waals surface area contributed by atoms with E-state index in [1.807, 2.05) is 84.9 Å². The standard InChI is InChI=1S/C36H37NO6S/c1-27(38)44-26-31(16-13-28-9-5-3-6-10-28)36(40)37(23-35(39)41-2)32-17-21-34(22-18-32)43-25-30-14-19-33(20-15-30)42-24-29-11-7-4-8-12-29/h3-12,14-15,17-22,31H,13,16,23-26H2,1-2H3/t31-/m0/s1. The number of thioether (sulfide) groups is 1. The van der Waals surface area contributed by atoms with Crippen LogP contribution in [0.15, 0.2) is 109 Å². The Hall–Kier alpha value is -4.56. The van der Waals surface area contributed by atoms with Gasteiger partial charge in [-0.15, -0.1) is 0 Å². The van der Waals surface area contributed by atoms with Crippen LogP contribution in [0.5, 0.6) is 11.5 Å². The van der Waals surface area contributed by atoms with Crippen molar-refractivity contribution < 1.29 is 28.6 Å². The lowest BCUT2D eigenvalue weighted by atomic mass is 9.99.